The Balaban J connectivity index is 2.37. The predicted octanol–water partition coefficient (Wildman–Crippen LogP) is 1.96. The molecule has 0 saturated heterocycles. The first-order valence-corrected chi connectivity index (χ1v) is 5.06. The zero-order chi connectivity index (χ0) is 13.1. The van der Waals surface area contributed by atoms with E-state index < -0.39 is 23.8 Å². The third kappa shape index (κ3) is 2.50. The summed E-state index contributed by atoms with van der Waals surface area (Å²) in [5.41, 5.74) is -0.668. The maximum absolute atomic E-state index is 12.8. The van der Waals surface area contributed by atoms with Crippen LogP contribution in [0.4, 0.5) is 8.78 Å². The van der Waals surface area contributed by atoms with Gasteiger partial charge >= 0.3 is 5.97 Å². The molecular weight excluding hydrogens is 244 g/mol. The first-order valence-electron chi connectivity index (χ1n) is 5.06. The van der Waals surface area contributed by atoms with Crippen molar-refractivity contribution in [2.24, 2.45) is 0 Å². The summed E-state index contributed by atoms with van der Waals surface area (Å²) in [4.78, 5) is 14.1. The van der Waals surface area contributed by atoms with E-state index in [4.69, 9.17) is 5.11 Å². The molecule has 0 aromatic carbocycles. The third-order valence-electron chi connectivity index (χ3n) is 2.33. The van der Waals surface area contributed by atoms with Gasteiger partial charge in [0.05, 0.1) is 6.54 Å². The Bertz CT molecular complexity index is 555. The summed E-state index contributed by atoms with van der Waals surface area (Å²) < 4.78 is 27.1. The van der Waals surface area contributed by atoms with Crippen molar-refractivity contribution in [2.45, 2.75) is 13.0 Å². The first-order chi connectivity index (χ1) is 8.58. The summed E-state index contributed by atoms with van der Waals surface area (Å²) in [5.74, 6) is -1.33. The third-order valence-corrected chi connectivity index (χ3v) is 2.33. The molecule has 0 radical (unpaired) electrons. The van der Waals surface area contributed by atoms with E-state index in [1.165, 1.54) is 23.0 Å². The standard InChI is InChI=1S/C11H9F2N3O2/c12-10(13)9-7(6-16-5-1-4-14-16)2-3-8(15-9)11(17)18/h1-5,10H,6H2,(H,17,18). The maximum Gasteiger partial charge on any atom is 0.354 e. The number of aromatic nitrogens is 3. The van der Waals surface area contributed by atoms with Gasteiger partial charge < -0.3 is 5.11 Å². The molecule has 0 aliphatic rings. The van der Waals surface area contributed by atoms with Gasteiger partial charge in [-0.1, -0.05) is 6.07 Å². The van der Waals surface area contributed by atoms with Gasteiger partial charge in [-0.3, -0.25) is 4.68 Å². The number of halogens is 2. The second-order valence-corrected chi connectivity index (χ2v) is 3.55. The summed E-state index contributed by atoms with van der Waals surface area (Å²) in [6.45, 7) is 0.125. The highest BCUT2D eigenvalue weighted by Crippen LogP contribution is 2.22. The Morgan fingerprint density at radius 2 is 2.22 bits per heavy atom. The molecule has 2 aromatic heterocycles. The van der Waals surface area contributed by atoms with Crippen LogP contribution in [0.1, 0.15) is 28.2 Å². The van der Waals surface area contributed by atoms with Crippen LogP contribution in [0.3, 0.4) is 0 Å². The molecule has 0 unspecified atom stereocenters. The molecule has 2 heterocycles. The molecule has 94 valence electrons. The smallest absolute Gasteiger partial charge is 0.354 e. The zero-order valence-electron chi connectivity index (χ0n) is 9.12. The number of rotatable bonds is 4. The fourth-order valence-corrected chi connectivity index (χ4v) is 1.51. The second-order valence-electron chi connectivity index (χ2n) is 3.55. The molecule has 2 aromatic rings. The Kier molecular flexibility index (Phi) is 3.31. The highest BCUT2D eigenvalue weighted by molar-refractivity contribution is 5.85. The Morgan fingerprint density at radius 1 is 1.44 bits per heavy atom. The second kappa shape index (κ2) is 4.91. The normalized spacial score (nSPS) is 10.8. The first kappa shape index (κ1) is 12.2. The Morgan fingerprint density at radius 3 is 2.78 bits per heavy atom. The number of aromatic carboxylic acids is 1. The molecule has 0 amide bonds. The van der Waals surface area contributed by atoms with Crippen molar-refractivity contribution in [3.05, 3.63) is 47.5 Å². The fourth-order valence-electron chi connectivity index (χ4n) is 1.51. The summed E-state index contributed by atoms with van der Waals surface area (Å²) >= 11 is 0. The van der Waals surface area contributed by atoms with Crippen LogP contribution in [0.2, 0.25) is 0 Å². The van der Waals surface area contributed by atoms with Gasteiger partial charge in [-0.2, -0.15) is 5.10 Å². The molecule has 1 N–H and O–H groups in total. The van der Waals surface area contributed by atoms with Crippen LogP contribution in [-0.2, 0) is 6.54 Å². The lowest BCUT2D eigenvalue weighted by atomic mass is 10.1. The molecular formula is C11H9F2N3O2. The van der Waals surface area contributed by atoms with Gasteiger partial charge in [-0.05, 0) is 12.1 Å². The van der Waals surface area contributed by atoms with Crippen molar-refractivity contribution in [3.63, 3.8) is 0 Å². The van der Waals surface area contributed by atoms with Crippen LogP contribution in [-0.4, -0.2) is 25.8 Å². The molecule has 0 spiro atoms. The van der Waals surface area contributed by atoms with Crippen LogP contribution >= 0.6 is 0 Å². The summed E-state index contributed by atoms with van der Waals surface area (Å²) in [7, 11) is 0. The minimum atomic E-state index is -2.82. The van der Waals surface area contributed by atoms with Crippen molar-refractivity contribution in [3.8, 4) is 0 Å². The minimum Gasteiger partial charge on any atom is -0.477 e. The number of nitrogens with zero attached hydrogens (tertiary/aromatic N) is 3. The molecule has 0 fully saturated rings. The van der Waals surface area contributed by atoms with Gasteiger partial charge in [0, 0.05) is 18.0 Å². The van der Waals surface area contributed by atoms with E-state index >= 15 is 0 Å². The van der Waals surface area contributed by atoms with E-state index in [-0.39, 0.29) is 12.1 Å². The van der Waals surface area contributed by atoms with Crippen LogP contribution in [0, 0.1) is 0 Å². The Labute approximate surface area is 101 Å². The average molecular weight is 253 g/mol. The van der Waals surface area contributed by atoms with E-state index in [9.17, 15) is 13.6 Å². The number of hydrogen-bond donors (Lipinski definition) is 1. The van der Waals surface area contributed by atoms with Gasteiger partial charge in [0.15, 0.2) is 0 Å². The van der Waals surface area contributed by atoms with Crippen molar-refractivity contribution in [1.29, 1.82) is 0 Å². The number of carboxylic acid groups (broad SMARTS) is 1. The zero-order valence-corrected chi connectivity index (χ0v) is 9.12. The van der Waals surface area contributed by atoms with Crippen LogP contribution in [0.15, 0.2) is 30.6 Å². The van der Waals surface area contributed by atoms with Gasteiger partial charge in [0.1, 0.15) is 11.4 Å². The number of carbonyl (C=O) groups is 1. The topological polar surface area (TPSA) is 68.0 Å². The van der Waals surface area contributed by atoms with Gasteiger partial charge in [0.25, 0.3) is 6.43 Å². The van der Waals surface area contributed by atoms with Crippen LogP contribution < -0.4 is 0 Å². The SMILES string of the molecule is O=C(O)c1ccc(Cn2cccn2)c(C(F)F)n1. The van der Waals surface area contributed by atoms with Crippen LogP contribution in [0.25, 0.3) is 0 Å². The summed E-state index contributed by atoms with van der Waals surface area (Å²) in [6.07, 6.45) is 0.330. The lowest BCUT2D eigenvalue weighted by Crippen LogP contribution is -2.09. The lowest BCUT2D eigenvalue weighted by Gasteiger charge is -2.09. The number of carboxylic acids is 1. The highest BCUT2D eigenvalue weighted by atomic mass is 19.3. The maximum atomic E-state index is 12.8. The molecule has 0 atom stereocenters. The Hall–Kier alpha value is -2.31. The van der Waals surface area contributed by atoms with E-state index in [1.807, 2.05) is 0 Å². The summed E-state index contributed by atoms with van der Waals surface area (Å²) in [6, 6.07) is 4.20. The molecule has 7 heteroatoms. The van der Waals surface area contributed by atoms with Crippen molar-refractivity contribution < 1.29 is 18.7 Å². The van der Waals surface area contributed by atoms with Crippen molar-refractivity contribution in [2.75, 3.05) is 0 Å². The molecule has 0 aliphatic heterocycles. The predicted molar refractivity (Wildman–Crippen MR) is 57.5 cm³/mol. The van der Waals surface area contributed by atoms with Crippen molar-refractivity contribution >= 4 is 5.97 Å². The molecule has 0 bridgehead atoms. The largest absolute Gasteiger partial charge is 0.477 e. The van der Waals surface area contributed by atoms with E-state index in [0.717, 1.165) is 0 Å². The van der Waals surface area contributed by atoms with E-state index in [1.54, 1.807) is 12.3 Å². The number of hydrogen-bond acceptors (Lipinski definition) is 3. The highest BCUT2D eigenvalue weighted by Gasteiger charge is 2.18. The monoisotopic (exact) mass is 253 g/mol. The quantitative estimate of drug-likeness (QED) is 0.904. The van der Waals surface area contributed by atoms with Gasteiger partial charge in [-0.15, -0.1) is 0 Å². The molecule has 0 saturated carbocycles. The number of pyridine rings is 1. The summed E-state index contributed by atoms with van der Waals surface area (Å²) in [5, 5.41) is 12.6. The molecule has 18 heavy (non-hydrogen) atoms. The van der Waals surface area contributed by atoms with E-state index in [0.29, 0.717) is 0 Å². The molecule has 5 nitrogen and oxygen atoms in total. The van der Waals surface area contributed by atoms with Gasteiger partial charge in [0.2, 0.25) is 0 Å². The fraction of sp³-hybridized carbons (Fsp3) is 0.182. The van der Waals surface area contributed by atoms with Crippen LogP contribution in [0.5, 0.6) is 0 Å². The molecule has 0 aliphatic carbocycles. The van der Waals surface area contributed by atoms with E-state index in [2.05, 4.69) is 10.1 Å². The minimum absolute atomic E-state index is 0.125. The van der Waals surface area contributed by atoms with Gasteiger partial charge in [-0.25, -0.2) is 18.6 Å². The van der Waals surface area contributed by atoms with Crippen molar-refractivity contribution in [1.82, 2.24) is 14.8 Å². The number of alkyl halides is 2. The average Bonchev–Trinajstić information content (AvgIpc) is 2.81. The molecule has 2 rings (SSSR count). The lowest BCUT2D eigenvalue weighted by molar-refractivity contribution is 0.0688.